The zero-order chi connectivity index (χ0) is 55.0. The second kappa shape index (κ2) is 19.6. The van der Waals surface area contributed by atoms with E-state index in [1.54, 1.807) is 0 Å². The smallest absolute Gasteiger partial charge is 0.210 e. The maximum atomic E-state index is 2.46. The lowest BCUT2D eigenvalue weighted by Gasteiger charge is -2.34. The fourth-order valence-electron chi connectivity index (χ4n) is 14.8. The van der Waals surface area contributed by atoms with Gasteiger partial charge >= 0.3 is 0 Å². The highest BCUT2D eigenvalue weighted by Crippen LogP contribution is 2.54. The minimum absolute atomic E-state index is 0.161. The first kappa shape index (κ1) is 50.9. The fourth-order valence-corrected chi connectivity index (χ4v) is 14.8. The van der Waals surface area contributed by atoms with Crippen molar-refractivity contribution < 1.29 is 9.15 Å². The SMILES string of the molecule is CN1C(=CC=CC2=[N+](C)c3cc4ccccc4cc3C2(C)C)C(Cc2ccccc2)(Cc2ccc(CC3(Cc4ccccc4)C(=CC=CC4=[N+](C)c5cc6ccccc6cc5C4(C)C)N(C)c4ccccc43)cc2)c2ccccc21. The van der Waals surface area contributed by atoms with Crippen LogP contribution in [0.1, 0.15) is 72.2 Å². The summed E-state index contributed by atoms with van der Waals surface area (Å²) in [6.07, 6.45) is 17.7. The van der Waals surface area contributed by atoms with Crippen LogP contribution in [0.25, 0.3) is 21.5 Å². The predicted octanol–water partition coefficient (Wildman–Crippen LogP) is 16.6. The standard InChI is InChI=1S/C76H72N4/c1-73(2)63-45-57-29-15-17-31-59(57)47-67(63)79(7)69(73)37-23-39-71-75(49-53-25-11-9-12-26-53,61-33-19-21-35-65(61)77(71)5)51-55-41-43-56(44-42-55)52-76(50-54-27-13-10-14-28-54)62-34-20-22-36-66(62)78(6)72(76)40-24-38-70-74(3,4)64-46-58-30-16-18-32-60(58)48-68(64)80(70)8/h9-48H,49-52H2,1-8H3/q+2. The van der Waals surface area contributed by atoms with Gasteiger partial charge in [0.2, 0.25) is 11.4 Å². The third-order valence-electron chi connectivity index (χ3n) is 18.8. The summed E-state index contributed by atoms with van der Waals surface area (Å²) in [7, 11) is 8.99. The van der Waals surface area contributed by atoms with Crippen molar-refractivity contribution >= 4 is 55.7 Å². The Bertz CT molecular complexity index is 3840. The molecule has 9 aromatic rings. The van der Waals surface area contributed by atoms with Gasteiger partial charge in [-0.05, 0) is 145 Å². The number of hydrogen-bond acceptors (Lipinski definition) is 2. The molecule has 0 spiro atoms. The van der Waals surface area contributed by atoms with E-state index in [1.807, 2.05) is 0 Å². The van der Waals surface area contributed by atoms with E-state index in [2.05, 4.69) is 318 Å². The van der Waals surface area contributed by atoms with Gasteiger partial charge in [0.05, 0.1) is 10.8 Å². The molecule has 13 rings (SSSR count). The second-order valence-corrected chi connectivity index (χ2v) is 24.2. The third-order valence-corrected chi connectivity index (χ3v) is 18.8. The summed E-state index contributed by atoms with van der Waals surface area (Å²) in [5.74, 6) is 0. The van der Waals surface area contributed by atoms with Gasteiger partial charge in [0.1, 0.15) is 14.1 Å². The van der Waals surface area contributed by atoms with E-state index in [9.17, 15) is 0 Å². The number of allylic oxidation sites excluding steroid dienone is 8. The highest BCUT2D eigenvalue weighted by atomic mass is 15.2. The molecule has 394 valence electrons. The normalized spacial score (nSPS) is 20.8. The lowest BCUT2D eigenvalue weighted by molar-refractivity contribution is -0.401. The first-order valence-electron chi connectivity index (χ1n) is 28.7. The number of rotatable bonds is 12. The number of benzene rings is 9. The van der Waals surface area contributed by atoms with Crippen molar-refractivity contribution in [3.05, 3.63) is 299 Å². The second-order valence-electron chi connectivity index (χ2n) is 24.2. The van der Waals surface area contributed by atoms with Gasteiger partial charge in [-0.25, -0.2) is 0 Å². The molecule has 0 N–H and O–H groups in total. The number of likely N-dealkylation sites (N-methyl/N-ethyl adjacent to an activating group) is 2. The van der Waals surface area contributed by atoms with Gasteiger partial charge in [0, 0.05) is 83.1 Å². The first-order chi connectivity index (χ1) is 38.8. The van der Waals surface area contributed by atoms with Gasteiger partial charge in [0.25, 0.3) is 0 Å². The topological polar surface area (TPSA) is 12.5 Å². The van der Waals surface area contributed by atoms with E-state index in [-0.39, 0.29) is 21.7 Å². The van der Waals surface area contributed by atoms with Crippen molar-refractivity contribution in [2.75, 3.05) is 38.0 Å². The predicted molar refractivity (Wildman–Crippen MR) is 337 cm³/mol. The Morgan fingerprint density at radius 1 is 0.362 bits per heavy atom. The molecular weight excluding hydrogens is 969 g/mol. The summed E-state index contributed by atoms with van der Waals surface area (Å²) in [5, 5.41) is 5.12. The molecule has 4 nitrogen and oxygen atoms in total. The maximum absolute atomic E-state index is 2.46. The van der Waals surface area contributed by atoms with Crippen LogP contribution in [0.4, 0.5) is 22.7 Å². The Morgan fingerprint density at radius 2 is 0.675 bits per heavy atom. The summed E-state index contributed by atoms with van der Waals surface area (Å²) in [5.41, 5.74) is 20.1. The Kier molecular flexibility index (Phi) is 12.5. The van der Waals surface area contributed by atoms with Crippen LogP contribution in [-0.2, 0) is 47.3 Å². The Balaban J connectivity index is 0.874. The molecule has 0 aromatic heterocycles. The molecule has 0 saturated carbocycles. The molecule has 4 aliphatic heterocycles. The molecule has 4 heterocycles. The highest BCUT2D eigenvalue weighted by Gasteiger charge is 2.49. The van der Waals surface area contributed by atoms with Crippen molar-refractivity contribution in [2.24, 2.45) is 0 Å². The lowest BCUT2D eigenvalue weighted by atomic mass is 9.69. The summed E-state index contributed by atoms with van der Waals surface area (Å²) in [6, 6.07) is 77.2. The van der Waals surface area contributed by atoms with Gasteiger partial charge in [-0.1, -0.05) is 182 Å². The molecule has 0 amide bonds. The summed E-state index contributed by atoms with van der Waals surface area (Å²) in [6.45, 7) is 9.48. The highest BCUT2D eigenvalue weighted by molar-refractivity contribution is 6.06. The van der Waals surface area contributed by atoms with E-state index < -0.39 is 0 Å². The van der Waals surface area contributed by atoms with Gasteiger partial charge < -0.3 is 9.80 Å². The first-order valence-corrected chi connectivity index (χ1v) is 28.7. The molecule has 80 heavy (non-hydrogen) atoms. The molecule has 0 aliphatic carbocycles. The third kappa shape index (κ3) is 8.33. The van der Waals surface area contributed by atoms with Crippen molar-refractivity contribution in [1.82, 2.24) is 0 Å². The van der Waals surface area contributed by atoms with Gasteiger partial charge in [-0.3, -0.25) is 0 Å². The Hall–Kier alpha value is -8.60. The van der Waals surface area contributed by atoms with E-state index in [0.717, 1.165) is 25.7 Å². The molecular formula is C76H72N4+2. The van der Waals surface area contributed by atoms with Crippen LogP contribution in [-0.4, -0.2) is 48.8 Å². The number of anilines is 2. The van der Waals surface area contributed by atoms with E-state index in [4.69, 9.17) is 0 Å². The van der Waals surface area contributed by atoms with Crippen molar-refractivity contribution in [1.29, 1.82) is 0 Å². The zero-order valence-corrected chi connectivity index (χ0v) is 47.7. The van der Waals surface area contributed by atoms with Crippen LogP contribution in [0.5, 0.6) is 0 Å². The number of para-hydroxylation sites is 2. The van der Waals surface area contributed by atoms with Crippen LogP contribution in [0, 0.1) is 0 Å². The van der Waals surface area contributed by atoms with Crippen LogP contribution >= 0.6 is 0 Å². The quantitative estimate of drug-likeness (QED) is 0.113. The Labute approximate surface area is 474 Å². The maximum Gasteiger partial charge on any atom is 0.210 e. The number of nitrogens with zero attached hydrogens (tertiary/aromatic N) is 4. The summed E-state index contributed by atoms with van der Waals surface area (Å²) >= 11 is 0. The molecule has 4 aliphatic rings. The molecule has 0 radical (unpaired) electrons. The Morgan fingerprint density at radius 3 is 1.05 bits per heavy atom. The molecule has 2 unspecified atom stereocenters. The molecule has 2 atom stereocenters. The van der Waals surface area contributed by atoms with Crippen LogP contribution in [0.3, 0.4) is 0 Å². The van der Waals surface area contributed by atoms with Crippen LogP contribution in [0.2, 0.25) is 0 Å². The average molecular weight is 1040 g/mol. The minimum Gasteiger partial charge on any atom is -0.347 e. The van der Waals surface area contributed by atoms with Crippen molar-refractivity contribution in [3.63, 3.8) is 0 Å². The van der Waals surface area contributed by atoms with Gasteiger partial charge in [-0.15, -0.1) is 0 Å². The molecule has 9 aromatic carbocycles. The van der Waals surface area contributed by atoms with Crippen molar-refractivity contribution in [3.8, 4) is 0 Å². The molecule has 0 saturated heterocycles. The van der Waals surface area contributed by atoms with Crippen LogP contribution < -0.4 is 9.80 Å². The van der Waals surface area contributed by atoms with Gasteiger partial charge in [0.15, 0.2) is 11.4 Å². The fraction of sp³-hybridized carbons (Fsp3) is 0.211. The zero-order valence-electron chi connectivity index (χ0n) is 47.7. The average Bonchev–Trinajstić information content (AvgIpc) is 4.20. The lowest BCUT2D eigenvalue weighted by Crippen LogP contribution is -2.35. The van der Waals surface area contributed by atoms with E-state index in [0.29, 0.717) is 0 Å². The monoisotopic (exact) mass is 1040 g/mol. The van der Waals surface area contributed by atoms with E-state index >= 15 is 0 Å². The number of hydrogen-bond donors (Lipinski definition) is 0. The molecule has 4 heteroatoms. The van der Waals surface area contributed by atoms with Crippen LogP contribution in [0.15, 0.2) is 254 Å². The minimum atomic E-state index is -0.334. The summed E-state index contributed by atoms with van der Waals surface area (Å²) in [4.78, 5) is 4.92. The molecule has 0 bridgehead atoms. The summed E-state index contributed by atoms with van der Waals surface area (Å²) < 4.78 is 4.81. The van der Waals surface area contributed by atoms with Gasteiger partial charge in [-0.2, -0.15) is 9.15 Å². The number of fused-ring (bicyclic) bond motifs is 6. The van der Waals surface area contributed by atoms with E-state index in [1.165, 1.54) is 112 Å². The van der Waals surface area contributed by atoms with Crippen molar-refractivity contribution in [2.45, 2.75) is 75.0 Å². The largest absolute Gasteiger partial charge is 0.347 e. The molecule has 0 fully saturated rings.